The van der Waals surface area contributed by atoms with Crippen molar-refractivity contribution in [2.24, 2.45) is 5.92 Å². The van der Waals surface area contributed by atoms with Gasteiger partial charge >= 0.3 is 0 Å². The third-order valence-electron chi connectivity index (χ3n) is 3.34. The van der Waals surface area contributed by atoms with Crippen molar-refractivity contribution in [1.82, 2.24) is 15.1 Å². The molecule has 1 rings (SSSR count). The molecule has 0 aliphatic heterocycles. The van der Waals surface area contributed by atoms with Gasteiger partial charge in [0.05, 0.1) is 11.7 Å². The molecule has 0 radical (unpaired) electrons. The van der Waals surface area contributed by atoms with Crippen LogP contribution in [-0.4, -0.2) is 22.9 Å². The van der Waals surface area contributed by atoms with E-state index in [9.17, 15) is 0 Å². The maximum atomic E-state index is 4.69. The van der Waals surface area contributed by atoms with Crippen LogP contribution in [0.3, 0.4) is 0 Å². The predicted molar refractivity (Wildman–Crippen MR) is 78.0 cm³/mol. The highest BCUT2D eigenvalue weighted by Gasteiger charge is 2.11. The highest BCUT2D eigenvalue weighted by Crippen LogP contribution is 2.12. The average molecular weight is 251 g/mol. The Labute approximate surface area is 112 Å². The molecule has 1 atom stereocenters. The zero-order chi connectivity index (χ0) is 13.5. The standard InChI is InChI=1S/C15H29N3/c1-6-14-10-15(7-2)18(17-14)13(5)11-16-9-8-12(3)4/h10,12-13,16H,6-9,11H2,1-5H3. The maximum absolute atomic E-state index is 4.69. The molecule has 0 saturated heterocycles. The second-order valence-corrected chi connectivity index (χ2v) is 5.51. The Morgan fingerprint density at radius 1 is 1.22 bits per heavy atom. The van der Waals surface area contributed by atoms with Crippen LogP contribution in [0, 0.1) is 5.92 Å². The van der Waals surface area contributed by atoms with E-state index >= 15 is 0 Å². The molecule has 0 fully saturated rings. The number of aryl methyl sites for hydroxylation is 2. The monoisotopic (exact) mass is 251 g/mol. The second-order valence-electron chi connectivity index (χ2n) is 5.51. The van der Waals surface area contributed by atoms with Gasteiger partial charge in [-0.05, 0) is 44.7 Å². The Bertz CT molecular complexity index is 342. The summed E-state index contributed by atoms with van der Waals surface area (Å²) in [6.07, 6.45) is 3.32. The lowest BCUT2D eigenvalue weighted by molar-refractivity contribution is 0.427. The second kappa shape index (κ2) is 7.57. The molecule has 104 valence electrons. The van der Waals surface area contributed by atoms with Crippen LogP contribution in [-0.2, 0) is 12.8 Å². The van der Waals surface area contributed by atoms with Crippen molar-refractivity contribution in [3.05, 3.63) is 17.5 Å². The van der Waals surface area contributed by atoms with E-state index in [0.717, 1.165) is 31.8 Å². The number of nitrogens with one attached hydrogen (secondary N) is 1. The highest BCUT2D eigenvalue weighted by atomic mass is 15.3. The fourth-order valence-corrected chi connectivity index (χ4v) is 2.10. The molecule has 0 aromatic carbocycles. The topological polar surface area (TPSA) is 29.9 Å². The van der Waals surface area contributed by atoms with E-state index in [1.807, 2.05) is 0 Å². The van der Waals surface area contributed by atoms with Gasteiger partial charge in [-0.1, -0.05) is 27.7 Å². The summed E-state index contributed by atoms with van der Waals surface area (Å²) in [6.45, 7) is 13.2. The third kappa shape index (κ3) is 4.45. The largest absolute Gasteiger partial charge is 0.315 e. The zero-order valence-corrected chi connectivity index (χ0v) is 12.7. The minimum atomic E-state index is 0.437. The van der Waals surface area contributed by atoms with Crippen LogP contribution in [0.25, 0.3) is 0 Å². The smallest absolute Gasteiger partial charge is 0.0624 e. The summed E-state index contributed by atoms with van der Waals surface area (Å²) in [6, 6.07) is 2.68. The molecule has 0 spiro atoms. The Hall–Kier alpha value is -0.830. The summed E-state index contributed by atoms with van der Waals surface area (Å²) < 4.78 is 2.20. The van der Waals surface area contributed by atoms with Crippen LogP contribution >= 0.6 is 0 Å². The van der Waals surface area contributed by atoms with Gasteiger partial charge in [-0.3, -0.25) is 4.68 Å². The zero-order valence-electron chi connectivity index (χ0n) is 12.7. The lowest BCUT2D eigenvalue weighted by Gasteiger charge is -2.16. The van der Waals surface area contributed by atoms with Crippen LogP contribution in [0.5, 0.6) is 0 Å². The summed E-state index contributed by atoms with van der Waals surface area (Å²) in [5.74, 6) is 0.774. The van der Waals surface area contributed by atoms with Gasteiger partial charge in [0.1, 0.15) is 0 Å². The predicted octanol–water partition coefficient (Wildman–Crippen LogP) is 3.20. The van der Waals surface area contributed by atoms with E-state index in [0.29, 0.717) is 6.04 Å². The molecule has 3 heteroatoms. The van der Waals surface area contributed by atoms with E-state index in [2.05, 4.69) is 55.8 Å². The molecular formula is C15H29N3. The van der Waals surface area contributed by atoms with Gasteiger partial charge in [0, 0.05) is 12.2 Å². The van der Waals surface area contributed by atoms with Crippen LogP contribution in [0.15, 0.2) is 6.07 Å². The molecule has 1 aromatic rings. The van der Waals surface area contributed by atoms with Crippen molar-refractivity contribution in [2.75, 3.05) is 13.1 Å². The quantitative estimate of drug-likeness (QED) is 0.719. The normalized spacial score (nSPS) is 13.2. The van der Waals surface area contributed by atoms with Gasteiger partial charge in [-0.25, -0.2) is 0 Å². The fraction of sp³-hybridized carbons (Fsp3) is 0.800. The van der Waals surface area contributed by atoms with E-state index in [1.165, 1.54) is 17.8 Å². The summed E-state index contributed by atoms with van der Waals surface area (Å²) in [5, 5.41) is 8.22. The molecular weight excluding hydrogens is 222 g/mol. The van der Waals surface area contributed by atoms with Crippen LogP contribution in [0.4, 0.5) is 0 Å². The summed E-state index contributed by atoms with van der Waals surface area (Å²) >= 11 is 0. The third-order valence-corrected chi connectivity index (χ3v) is 3.34. The van der Waals surface area contributed by atoms with Crippen molar-refractivity contribution < 1.29 is 0 Å². The van der Waals surface area contributed by atoms with Crippen molar-refractivity contribution in [1.29, 1.82) is 0 Å². The first-order chi connectivity index (χ1) is 8.58. The Morgan fingerprint density at radius 2 is 1.94 bits per heavy atom. The molecule has 0 aliphatic rings. The molecule has 1 N–H and O–H groups in total. The van der Waals surface area contributed by atoms with Gasteiger partial charge < -0.3 is 5.32 Å². The SMILES string of the molecule is CCc1cc(CC)n(C(C)CNCCC(C)C)n1. The molecule has 0 aliphatic carbocycles. The summed E-state index contributed by atoms with van der Waals surface area (Å²) in [7, 11) is 0. The molecule has 0 bridgehead atoms. The number of rotatable bonds is 8. The number of hydrogen-bond acceptors (Lipinski definition) is 2. The van der Waals surface area contributed by atoms with Crippen molar-refractivity contribution in [2.45, 2.75) is 59.9 Å². The van der Waals surface area contributed by atoms with E-state index in [-0.39, 0.29) is 0 Å². The van der Waals surface area contributed by atoms with Gasteiger partial charge in [0.2, 0.25) is 0 Å². The van der Waals surface area contributed by atoms with Crippen LogP contribution in [0.1, 0.15) is 58.5 Å². The van der Waals surface area contributed by atoms with Gasteiger partial charge in [0.15, 0.2) is 0 Å². The molecule has 1 unspecified atom stereocenters. The first kappa shape index (κ1) is 15.2. The molecule has 18 heavy (non-hydrogen) atoms. The van der Waals surface area contributed by atoms with Crippen molar-refractivity contribution >= 4 is 0 Å². The van der Waals surface area contributed by atoms with Crippen LogP contribution in [0.2, 0.25) is 0 Å². The van der Waals surface area contributed by atoms with Gasteiger partial charge in [0.25, 0.3) is 0 Å². The molecule has 0 amide bonds. The lowest BCUT2D eigenvalue weighted by atomic mass is 10.1. The van der Waals surface area contributed by atoms with Crippen LogP contribution < -0.4 is 5.32 Å². The van der Waals surface area contributed by atoms with Gasteiger partial charge in [-0.15, -0.1) is 0 Å². The molecule has 3 nitrogen and oxygen atoms in total. The Morgan fingerprint density at radius 3 is 2.50 bits per heavy atom. The lowest BCUT2D eigenvalue weighted by Crippen LogP contribution is -2.26. The summed E-state index contributed by atoms with van der Waals surface area (Å²) in [4.78, 5) is 0. The summed E-state index contributed by atoms with van der Waals surface area (Å²) in [5.41, 5.74) is 2.56. The number of nitrogens with zero attached hydrogens (tertiary/aromatic N) is 2. The average Bonchev–Trinajstić information content (AvgIpc) is 2.77. The minimum absolute atomic E-state index is 0.437. The molecule has 0 saturated carbocycles. The van der Waals surface area contributed by atoms with E-state index in [1.54, 1.807) is 0 Å². The highest BCUT2D eigenvalue weighted by molar-refractivity contribution is 5.11. The van der Waals surface area contributed by atoms with E-state index < -0.39 is 0 Å². The maximum Gasteiger partial charge on any atom is 0.0624 e. The minimum Gasteiger partial charge on any atom is -0.315 e. The van der Waals surface area contributed by atoms with E-state index in [4.69, 9.17) is 0 Å². The molecule has 1 aromatic heterocycles. The first-order valence-corrected chi connectivity index (χ1v) is 7.36. The van der Waals surface area contributed by atoms with Crippen molar-refractivity contribution in [3.8, 4) is 0 Å². The Kier molecular flexibility index (Phi) is 6.41. The number of aromatic nitrogens is 2. The van der Waals surface area contributed by atoms with Gasteiger partial charge in [-0.2, -0.15) is 5.10 Å². The fourth-order valence-electron chi connectivity index (χ4n) is 2.10. The molecule has 1 heterocycles. The number of hydrogen-bond donors (Lipinski definition) is 1. The Balaban J connectivity index is 2.49. The first-order valence-electron chi connectivity index (χ1n) is 7.36. The van der Waals surface area contributed by atoms with Crippen molar-refractivity contribution in [3.63, 3.8) is 0 Å².